The molecule has 4 heterocycles. The molecule has 0 saturated carbocycles. The van der Waals surface area contributed by atoms with E-state index in [9.17, 15) is 9.59 Å². The summed E-state index contributed by atoms with van der Waals surface area (Å²) in [6.45, 7) is 2.23. The maximum atomic E-state index is 13.3. The second-order valence-electron chi connectivity index (χ2n) is 6.97. The van der Waals surface area contributed by atoms with Gasteiger partial charge in [-0.2, -0.15) is 0 Å². The number of primary amides is 1. The molecule has 1 aliphatic heterocycles. The lowest BCUT2D eigenvalue weighted by Gasteiger charge is -2.32. The summed E-state index contributed by atoms with van der Waals surface area (Å²) in [5, 5.41) is 3.18. The van der Waals surface area contributed by atoms with Crippen LogP contribution in [0.15, 0.2) is 35.2 Å². The first-order valence-electron chi connectivity index (χ1n) is 9.24. The molecule has 9 nitrogen and oxygen atoms in total. The highest BCUT2D eigenvalue weighted by Gasteiger charge is 2.27. The van der Waals surface area contributed by atoms with Gasteiger partial charge in [0, 0.05) is 13.1 Å². The van der Waals surface area contributed by atoms with Crippen molar-refractivity contribution in [3.63, 3.8) is 0 Å². The number of carbonyl (C=O) groups is 2. The van der Waals surface area contributed by atoms with Gasteiger partial charge in [-0.15, -0.1) is 12.4 Å². The number of carbonyl (C=O) groups excluding carboxylic acids is 2. The minimum Gasteiger partial charge on any atom is -0.463 e. The molecular formula is C19H23ClN6O3. The van der Waals surface area contributed by atoms with E-state index in [1.165, 1.54) is 17.0 Å². The summed E-state index contributed by atoms with van der Waals surface area (Å²) in [6, 6.07) is 5.15. The van der Waals surface area contributed by atoms with Crippen LogP contribution in [0.4, 0.5) is 0 Å². The standard InChI is InChI=1S/C19H22N6O3.ClH/c1-21-9-12-4-2-6-24(10-12)19(27)14-8-13(15-5-3-7-28-15)23-18-16(17(20)26)22-11-25(14)18;/h3,5,7-8,11-12,21H,2,4,6,9-10H2,1H3,(H2,20,26);1H. The molecule has 1 atom stereocenters. The molecule has 4 rings (SSSR count). The summed E-state index contributed by atoms with van der Waals surface area (Å²) < 4.78 is 6.96. The fourth-order valence-electron chi connectivity index (χ4n) is 3.73. The van der Waals surface area contributed by atoms with E-state index in [-0.39, 0.29) is 29.7 Å². The van der Waals surface area contributed by atoms with Crippen LogP contribution in [-0.4, -0.2) is 57.8 Å². The molecule has 0 spiro atoms. The number of amides is 2. The van der Waals surface area contributed by atoms with E-state index < -0.39 is 5.91 Å². The molecule has 3 aromatic rings. The number of likely N-dealkylation sites (tertiary alicyclic amines) is 1. The predicted octanol–water partition coefficient (Wildman–Crippen LogP) is 1.58. The van der Waals surface area contributed by atoms with Gasteiger partial charge >= 0.3 is 0 Å². The molecule has 10 heteroatoms. The Labute approximate surface area is 173 Å². The summed E-state index contributed by atoms with van der Waals surface area (Å²) in [7, 11) is 1.92. The van der Waals surface area contributed by atoms with Gasteiger partial charge in [-0.1, -0.05) is 0 Å². The Morgan fingerprint density at radius 1 is 1.41 bits per heavy atom. The number of hydrogen-bond donors (Lipinski definition) is 2. The largest absolute Gasteiger partial charge is 0.463 e. The highest BCUT2D eigenvalue weighted by molar-refractivity contribution is 5.99. The van der Waals surface area contributed by atoms with Crippen molar-refractivity contribution in [1.29, 1.82) is 0 Å². The lowest BCUT2D eigenvalue weighted by atomic mass is 9.97. The zero-order chi connectivity index (χ0) is 19.7. The molecule has 1 aliphatic rings. The number of fused-ring (bicyclic) bond motifs is 1. The fourth-order valence-corrected chi connectivity index (χ4v) is 3.73. The highest BCUT2D eigenvalue weighted by atomic mass is 35.5. The predicted molar refractivity (Wildman–Crippen MR) is 109 cm³/mol. The number of halogens is 1. The molecule has 1 unspecified atom stereocenters. The maximum absolute atomic E-state index is 13.3. The third-order valence-electron chi connectivity index (χ3n) is 5.03. The molecule has 3 aromatic heterocycles. The molecule has 0 aliphatic carbocycles. The summed E-state index contributed by atoms with van der Waals surface area (Å²) in [5.41, 5.74) is 6.53. The van der Waals surface area contributed by atoms with Crippen LogP contribution >= 0.6 is 12.4 Å². The number of nitrogens with zero attached hydrogens (tertiary/aromatic N) is 4. The maximum Gasteiger partial charge on any atom is 0.271 e. The van der Waals surface area contributed by atoms with Crippen LogP contribution < -0.4 is 11.1 Å². The van der Waals surface area contributed by atoms with E-state index in [1.54, 1.807) is 18.2 Å². The van der Waals surface area contributed by atoms with Crippen molar-refractivity contribution < 1.29 is 14.0 Å². The number of nitrogens with two attached hydrogens (primary N) is 1. The summed E-state index contributed by atoms with van der Waals surface area (Å²) >= 11 is 0. The Hall–Kier alpha value is -2.91. The van der Waals surface area contributed by atoms with Crippen molar-refractivity contribution >= 4 is 29.9 Å². The molecule has 0 aromatic carbocycles. The lowest BCUT2D eigenvalue weighted by Crippen LogP contribution is -2.43. The van der Waals surface area contributed by atoms with Crippen molar-refractivity contribution in [3.8, 4) is 11.5 Å². The SMILES string of the molecule is CNCC1CCCN(C(=O)c2cc(-c3ccco3)nc3c(C(N)=O)ncn23)C1.Cl. The molecule has 0 radical (unpaired) electrons. The topological polar surface area (TPSA) is 119 Å². The first-order chi connectivity index (χ1) is 13.6. The Morgan fingerprint density at radius 2 is 2.24 bits per heavy atom. The summed E-state index contributed by atoms with van der Waals surface area (Å²) in [6.07, 6.45) is 4.98. The summed E-state index contributed by atoms with van der Waals surface area (Å²) in [5.74, 6) is 0.0832. The van der Waals surface area contributed by atoms with Gasteiger partial charge < -0.3 is 20.4 Å². The van der Waals surface area contributed by atoms with Crippen molar-refractivity contribution in [3.05, 3.63) is 42.2 Å². The molecule has 0 bridgehead atoms. The summed E-state index contributed by atoms with van der Waals surface area (Å²) in [4.78, 5) is 35.5. The van der Waals surface area contributed by atoms with Crippen LogP contribution in [0, 0.1) is 5.92 Å². The van der Waals surface area contributed by atoms with Gasteiger partial charge in [0.15, 0.2) is 17.1 Å². The quantitative estimate of drug-likeness (QED) is 0.649. The van der Waals surface area contributed by atoms with Crippen LogP contribution in [0.1, 0.15) is 33.8 Å². The highest BCUT2D eigenvalue weighted by Crippen LogP contribution is 2.24. The zero-order valence-corrected chi connectivity index (χ0v) is 16.8. The van der Waals surface area contributed by atoms with Gasteiger partial charge in [-0.05, 0) is 50.6 Å². The van der Waals surface area contributed by atoms with E-state index in [0.29, 0.717) is 36.2 Å². The third kappa shape index (κ3) is 3.96. The molecule has 1 fully saturated rings. The first-order valence-corrected chi connectivity index (χ1v) is 9.24. The van der Waals surface area contributed by atoms with Crippen molar-refractivity contribution in [1.82, 2.24) is 24.6 Å². The number of nitrogens with one attached hydrogen (secondary N) is 1. The van der Waals surface area contributed by atoms with E-state index >= 15 is 0 Å². The Balaban J connectivity index is 0.00000240. The van der Waals surface area contributed by atoms with Crippen LogP contribution in [0.3, 0.4) is 0 Å². The number of imidazole rings is 1. The van der Waals surface area contributed by atoms with Crippen molar-refractivity contribution in [2.24, 2.45) is 11.7 Å². The average molecular weight is 419 g/mol. The van der Waals surface area contributed by atoms with E-state index in [0.717, 1.165) is 19.4 Å². The molecule has 2 amide bonds. The van der Waals surface area contributed by atoms with Crippen LogP contribution in [-0.2, 0) is 0 Å². The molecule has 3 N–H and O–H groups in total. The molecule has 29 heavy (non-hydrogen) atoms. The van der Waals surface area contributed by atoms with Crippen LogP contribution in [0.5, 0.6) is 0 Å². The fraction of sp³-hybridized carbons (Fsp3) is 0.368. The molecule has 154 valence electrons. The Bertz CT molecular complexity index is 1010. The number of hydrogen-bond acceptors (Lipinski definition) is 6. The van der Waals surface area contributed by atoms with Gasteiger partial charge in [0.25, 0.3) is 11.8 Å². The van der Waals surface area contributed by atoms with Crippen LogP contribution in [0.25, 0.3) is 17.1 Å². The van der Waals surface area contributed by atoms with Gasteiger partial charge in [0.1, 0.15) is 17.7 Å². The second kappa shape index (κ2) is 8.62. The van der Waals surface area contributed by atoms with Gasteiger partial charge in [-0.3, -0.25) is 14.0 Å². The van der Waals surface area contributed by atoms with Gasteiger partial charge in [-0.25, -0.2) is 9.97 Å². The third-order valence-corrected chi connectivity index (χ3v) is 5.03. The zero-order valence-electron chi connectivity index (χ0n) is 16.0. The number of piperidine rings is 1. The van der Waals surface area contributed by atoms with E-state index in [4.69, 9.17) is 10.2 Å². The number of aromatic nitrogens is 3. The smallest absolute Gasteiger partial charge is 0.271 e. The monoisotopic (exact) mass is 418 g/mol. The Morgan fingerprint density at radius 3 is 2.93 bits per heavy atom. The van der Waals surface area contributed by atoms with Gasteiger partial charge in [0.05, 0.1) is 6.26 Å². The Kier molecular flexibility index (Phi) is 6.19. The average Bonchev–Trinajstić information content (AvgIpc) is 3.37. The minimum atomic E-state index is -0.697. The minimum absolute atomic E-state index is 0. The van der Waals surface area contributed by atoms with Crippen molar-refractivity contribution in [2.45, 2.75) is 12.8 Å². The molecular weight excluding hydrogens is 396 g/mol. The normalized spacial score (nSPS) is 16.6. The van der Waals surface area contributed by atoms with E-state index in [2.05, 4.69) is 15.3 Å². The van der Waals surface area contributed by atoms with Crippen molar-refractivity contribution in [2.75, 3.05) is 26.7 Å². The number of furan rings is 1. The number of rotatable bonds is 5. The second-order valence-corrected chi connectivity index (χ2v) is 6.97. The van der Waals surface area contributed by atoms with E-state index in [1.807, 2.05) is 11.9 Å². The van der Waals surface area contributed by atoms with Gasteiger partial charge in [0.2, 0.25) is 0 Å². The lowest BCUT2D eigenvalue weighted by molar-refractivity contribution is 0.0666. The van der Waals surface area contributed by atoms with Crippen LogP contribution in [0.2, 0.25) is 0 Å². The first kappa shape index (κ1) is 20.8. The molecule has 1 saturated heterocycles.